The Kier molecular flexibility index (Phi) is 5.19. The van der Waals surface area contributed by atoms with E-state index in [1.54, 1.807) is 0 Å². The molecule has 3 nitrogen and oxygen atoms in total. The molecule has 1 aliphatic rings. The van der Waals surface area contributed by atoms with Gasteiger partial charge >= 0.3 is 0 Å². The number of nitrogens with zero attached hydrogens (tertiary/aromatic N) is 1. The molecule has 0 spiro atoms. The number of carbonyl (C=O) groups is 1. The van der Waals surface area contributed by atoms with E-state index < -0.39 is 0 Å². The van der Waals surface area contributed by atoms with Gasteiger partial charge in [-0.2, -0.15) is 0 Å². The van der Waals surface area contributed by atoms with Crippen molar-refractivity contribution in [2.24, 2.45) is 17.6 Å². The maximum Gasteiger partial charge on any atom is 0.225 e. The van der Waals surface area contributed by atoms with Gasteiger partial charge in [0.25, 0.3) is 0 Å². The van der Waals surface area contributed by atoms with Crippen LogP contribution in [-0.4, -0.2) is 28.9 Å². The van der Waals surface area contributed by atoms with Crippen LogP contribution >= 0.6 is 12.2 Å². The van der Waals surface area contributed by atoms with E-state index in [2.05, 4.69) is 13.8 Å². The lowest BCUT2D eigenvalue weighted by Crippen LogP contribution is -2.45. The summed E-state index contributed by atoms with van der Waals surface area (Å²) in [6.45, 7) is 5.74. The average molecular weight is 242 g/mol. The SMILES string of the molecule is CCC(CC)C(=O)N1CCCC(C(N)=S)C1. The van der Waals surface area contributed by atoms with Gasteiger partial charge in [-0.05, 0) is 25.7 Å². The van der Waals surface area contributed by atoms with Crippen LogP contribution in [0.4, 0.5) is 0 Å². The summed E-state index contributed by atoms with van der Waals surface area (Å²) >= 11 is 5.02. The molecule has 1 rings (SSSR count). The van der Waals surface area contributed by atoms with E-state index in [4.69, 9.17) is 18.0 Å². The number of piperidine rings is 1. The van der Waals surface area contributed by atoms with Gasteiger partial charge in [-0.25, -0.2) is 0 Å². The van der Waals surface area contributed by atoms with Crippen LogP contribution in [0, 0.1) is 11.8 Å². The molecule has 1 heterocycles. The van der Waals surface area contributed by atoms with Crippen molar-refractivity contribution in [1.82, 2.24) is 4.90 Å². The number of hydrogen-bond acceptors (Lipinski definition) is 2. The highest BCUT2D eigenvalue weighted by molar-refractivity contribution is 7.80. The zero-order chi connectivity index (χ0) is 12.1. The first-order chi connectivity index (χ1) is 7.60. The molecule has 92 valence electrons. The molecule has 1 fully saturated rings. The molecule has 0 bridgehead atoms. The monoisotopic (exact) mass is 242 g/mol. The van der Waals surface area contributed by atoms with Crippen molar-refractivity contribution in [2.75, 3.05) is 13.1 Å². The highest BCUT2D eigenvalue weighted by Gasteiger charge is 2.28. The fourth-order valence-electron chi connectivity index (χ4n) is 2.31. The summed E-state index contributed by atoms with van der Waals surface area (Å²) in [7, 11) is 0. The standard InChI is InChI=1S/C12H22N2OS/c1-3-9(4-2)12(15)14-7-5-6-10(8-14)11(13)16/h9-10H,3-8H2,1-2H3,(H2,13,16). The number of amides is 1. The fraction of sp³-hybridized carbons (Fsp3) is 0.833. The van der Waals surface area contributed by atoms with Crippen LogP contribution in [0.3, 0.4) is 0 Å². The first kappa shape index (κ1) is 13.4. The van der Waals surface area contributed by atoms with Gasteiger partial charge in [-0.3, -0.25) is 4.79 Å². The lowest BCUT2D eigenvalue weighted by molar-refractivity contribution is -0.137. The van der Waals surface area contributed by atoms with Crippen LogP contribution in [0.25, 0.3) is 0 Å². The van der Waals surface area contributed by atoms with Crippen LogP contribution in [-0.2, 0) is 4.79 Å². The van der Waals surface area contributed by atoms with E-state index in [0.717, 1.165) is 38.8 Å². The summed E-state index contributed by atoms with van der Waals surface area (Å²) in [5.74, 6) is 0.679. The van der Waals surface area contributed by atoms with E-state index in [-0.39, 0.29) is 17.7 Å². The quantitative estimate of drug-likeness (QED) is 0.766. The minimum atomic E-state index is 0.171. The van der Waals surface area contributed by atoms with E-state index in [1.165, 1.54) is 0 Å². The molecule has 1 atom stereocenters. The second kappa shape index (κ2) is 6.18. The normalized spacial score (nSPS) is 21.2. The Hall–Kier alpha value is -0.640. The average Bonchev–Trinajstić information content (AvgIpc) is 2.30. The third kappa shape index (κ3) is 3.17. The van der Waals surface area contributed by atoms with Gasteiger partial charge < -0.3 is 10.6 Å². The van der Waals surface area contributed by atoms with Crippen molar-refractivity contribution >= 4 is 23.1 Å². The largest absolute Gasteiger partial charge is 0.393 e. The molecule has 2 N–H and O–H groups in total. The molecule has 0 aromatic heterocycles. The van der Waals surface area contributed by atoms with Crippen LogP contribution in [0.5, 0.6) is 0 Å². The molecule has 0 saturated carbocycles. The number of thiocarbonyl (C=S) groups is 1. The van der Waals surface area contributed by atoms with E-state index in [1.807, 2.05) is 4.90 Å². The summed E-state index contributed by atoms with van der Waals surface area (Å²) in [5, 5.41) is 0. The number of rotatable bonds is 4. The summed E-state index contributed by atoms with van der Waals surface area (Å²) in [6, 6.07) is 0. The van der Waals surface area contributed by atoms with Gasteiger partial charge in [0.15, 0.2) is 0 Å². The van der Waals surface area contributed by atoms with E-state index in [9.17, 15) is 4.79 Å². The Morgan fingerprint density at radius 1 is 1.50 bits per heavy atom. The third-order valence-corrected chi connectivity index (χ3v) is 3.80. The number of hydrogen-bond donors (Lipinski definition) is 1. The summed E-state index contributed by atoms with van der Waals surface area (Å²) < 4.78 is 0. The second-order valence-corrected chi connectivity index (χ2v) is 5.01. The molecule has 0 aliphatic carbocycles. The molecule has 4 heteroatoms. The predicted molar refractivity (Wildman–Crippen MR) is 70.2 cm³/mol. The minimum absolute atomic E-state index is 0.171. The highest BCUT2D eigenvalue weighted by atomic mass is 32.1. The molecule has 0 aromatic rings. The van der Waals surface area contributed by atoms with E-state index >= 15 is 0 Å². The predicted octanol–water partition coefficient (Wildman–Crippen LogP) is 1.95. The summed E-state index contributed by atoms with van der Waals surface area (Å²) in [5.41, 5.74) is 5.66. The maximum absolute atomic E-state index is 12.2. The molecular formula is C12H22N2OS. The molecule has 1 saturated heterocycles. The van der Waals surface area contributed by atoms with Gasteiger partial charge in [-0.15, -0.1) is 0 Å². The number of likely N-dealkylation sites (tertiary alicyclic amines) is 1. The van der Waals surface area contributed by atoms with Crippen molar-refractivity contribution in [2.45, 2.75) is 39.5 Å². The molecular weight excluding hydrogens is 220 g/mol. The maximum atomic E-state index is 12.2. The van der Waals surface area contributed by atoms with E-state index in [0.29, 0.717) is 4.99 Å². The highest BCUT2D eigenvalue weighted by Crippen LogP contribution is 2.20. The van der Waals surface area contributed by atoms with Gasteiger partial charge in [0, 0.05) is 24.9 Å². The van der Waals surface area contributed by atoms with Crippen molar-refractivity contribution in [3.63, 3.8) is 0 Å². The van der Waals surface area contributed by atoms with Gasteiger partial charge in [-0.1, -0.05) is 26.1 Å². The number of carbonyl (C=O) groups excluding carboxylic acids is 1. The number of nitrogens with two attached hydrogens (primary N) is 1. The molecule has 0 aromatic carbocycles. The topological polar surface area (TPSA) is 46.3 Å². The van der Waals surface area contributed by atoms with Crippen LogP contribution in [0.2, 0.25) is 0 Å². The first-order valence-corrected chi connectivity index (χ1v) is 6.59. The first-order valence-electron chi connectivity index (χ1n) is 6.18. The van der Waals surface area contributed by atoms with Gasteiger partial charge in [0.05, 0.1) is 4.99 Å². The Balaban J connectivity index is 2.59. The minimum Gasteiger partial charge on any atom is -0.393 e. The van der Waals surface area contributed by atoms with Crippen molar-refractivity contribution in [3.05, 3.63) is 0 Å². The Morgan fingerprint density at radius 2 is 2.12 bits per heavy atom. The van der Waals surface area contributed by atoms with Crippen LogP contribution in [0.15, 0.2) is 0 Å². The Bertz CT molecular complexity index is 264. The van der Waals surface area contributed by atoms with Gasteiger partial charge in [0.1, 0.15) is 0 Å². The molecule has 1 unspecified atom stereocenters. The summed E-state index contributed by atoms with van der Waals surface area (Å²) in [6.07, 6.45) is 3.89. The summed E-state index contributed by atoms with van der Waals surface area (Å²) in [4.78, 5) is 14.7. The second-order valence-electron chi connectivity index (χ2n) is 4.54. The van der Waals surface area contributed by atoms with Crippen LogP contribution < -0.4 is 5.73 Å². The lowest BCUT2D eigenvalue weighted by Gasteiger charge is -2.34. The van der Waals surface area contributed by atoms with Gasteiger partial charge in [0.2, 0.25) is 5.91 Å². The fourth-order valence-corrected chi connectivity index (χ4v) is 2.50. The molecule has 0 radical (unpaired) electrons. The zero-order valence-electron chi connectivity index (χ0n) is 10.2. The van der Waals surface area contributed by atoms with Crippen molar-refractivity contribution in [3.8, 4) is 0 Å². The molecule has 16 heavy (non-hydrogen) atoms. The Morgan fingerprint density at radius 3 is 2.62 bits per heavy atom. The zero-order valence-corrected chi connectivity index (χ0v) is 11.1. The Labute approximate surface area is 103 Å². The molecule has 1 aliphatic heterocycles. The smallest absolute Gasteiger partial charge is 0.225 e. The van der Waals surface area contributed by atoms with Crippen molar-refractivity contribution in [1.29, 1.82) is 0 Å². The van der Waals surface area contributed by atoms with Crippen LogP contribution in [0.1, 0.15) is 39.5 Å². The van der Waals surface area contributed by atoms with Crippen molar-refractivity contribution < 1.29 is 4.79 Å². The third-order valence-electron chi connectivity index (χ3n) is 3.47. The lowest BCUT2D eigenvalue weighted by atomic mass is 9.95. The molecule has 1 amide bonds.